The van der Waals surface area contributed by atoms with Crippen molar-refractivity contribution in [3.05, 3.63) is 6.20 Å². The molecule has 1 fully saturated rings. The quantitative estimate of drug-likeness (QED) is 0.657. The molecular formula is C9H14N4O2. The highest BCUT2D eigenvalue weighted by molar-refractivity contribution is 5.94. The first-order valence-electron chi connectivity index (χ1n) is 4.95. The Hall–Kier alpha value is -1.56. The topological polar surface area (TPSA) is 93.0 Å². The van der Waals surface area contributed by atoms with Gasteiger partial charge < -0.3 is 15.8 Å². The highest BCUT2D eigenvalue weighted by Crippen LogP contribution is 2.19. The maximum absolute atomic E-state index is 11.7. The smallest absolute Gasteiger partial charge is 0.228 e. The molecule has 0 radical (unpaired) electrons. The molecule has 6 heteroatoms. The van der Waals surface area contributed by atoms with Gasteiger partial charge in [0.15, 0.2) is 5.82 Å². The van der Waals surface area contributed by atoms with Gasteiger partial charge in [-0.1, -0.05) is 0 Å². The molecule has 15 heavy (non-hydrogen) atoms. The second kappa shape index (κ2) is 4.31. The number of nitrogens with one attached hydrogen (secondary N) is 2. The van der Waals surface area contributed by atoms with Gasteiger partial charge in [0.05, 0.1) is 11.9 Å². The monoisotopic (exact) mass is 210 g/mol. The Morgan fingerprint density at radius 3 is 2.93 bits per heavy atom. The summed E-state index contributed by atoms with van der Waals surface area (Å²) in [5.74, 6) is 0.474. The van der Waals surface area contributed by atoms with Crippen LogP contribution in [0.2, 0.25) is 0 Å². The van der Waals surface area contributed by atoms with Crippen LogP contribution in [0.3, 0.4) is 0 Å². The Morgan fingerprint density at radius 1 is 1.60 bits per heavy atom. The molecule has 82 valence electrons. The first kappa shape index (κ1) is 9.97. The van der Waals surface area contributed by atoms with E-state index in [9.17, 15) is 4.79 Å². The molecule has 1 aromatic rings. The molecule has 1 amide bonds. The predicted molar refractivity (Wildman–Crippen MR) is 55.2 cm³/mol. The van der Waals surface area contributed by atoms with Gasteiger partial charge in [-0.25, -0.2) is 0 Å². The molecule has 2 heterocycles. The number of hydrogen-bond donors (Lipinski definition) is 3. The van der Waals surface area contributed by atoms with Crippen LogP contribution in [0.15, 0.2) is 6.20 Å². The third-order valence-electron chi connectivity index (χ3n) is 2.51. The molecule has 0 bridgehead atoms. The van der Waals surface area contributed by atoms with Gasteiger partial charge in [-0.3, -0.25) is 9.89 Å². The molecule has 0 spiro atoms. The van der Waals surface area contributed by atoms with E-state index in [1.54, 1.807) is 0 Å². The molecule has 1 aromatic heterocycles. The van der Waals surface area contributed by atoms with E-state index in [2.05, 4.69) is 15.5 Å². The van der Waals surface area contributed by atoms with Gasteiger partial charge in [0.2, 0.25) is 5.91 Å². The van der Waals surface area contributed by atoms with E-state index in [0.29, 0.717) is 24.7 Å². The summed E-state index contributed by atoms with van der Waals surface area (Å²) in [5.41, 5.74) is 6.04. The summed E-state index contributed by atoms with van der Waals surface area (Å²) in [4.78, 5) is 11.7. The molecule has 2 rings (SSSR count). The van der Waals surface area contributed by atoms with Gasteiger partial charge >= 0.3 is 0 Å². The van der Waals surface area contributed by atoms with Crippen molar-refractivity contribution in [2.75, 3.05) is 24.3 Å². The van der Waals surface area contributed by atoms with Gasteiger partial charge in [0.1, 0.15) is 0 Å². The van der Waals surface area contributed by atoms with Crippen LogP contribution in [-0.4, -0.2) is 29.3 Å². The fourth-order valence-corrected chi connectivity index (χ4v) is 1.58. The van der Waals surface area contributed by atoms with Crippen LogP contribution in [0.4, 0.5) is 11.5 Å². The first-order valence-corrected chi connectivity index (χ1v) is 4.95. The Kier molecular flexibility index (Phi) is 2.86. The van der Waals surface area contributed by atoms with Crippen molar-refractivity contribution in [1.29, 1.82) is 0 Å². The van der Waals surface area contributed by atoms with Crippen LogP contribution in [0.1, 0.15) is 12.8 Å². The van der Waals surface area contributed by atoms with E-state index >= 15 is 0 Å². The third kappa shape index (κ3) is 2.27. The molecule has 4 N–H and O–H groups in total. The number of aromatic amines is 1. The molecular weight excluding hydrogens is 196 g/mol. The number of ether oxygens (including phenoxy) is 1. The van der Waals surface area contributed by atoms with E-state index in [1.807, 2.05) is 0 Å². The number of H-pyrrole nitrogens is 1. The van der Waals surface area contributed by atoms with Crippen LogP contribution in [-0.2, 0) is 9.53 Å². The standard InChI is InChI=1S/C9H14N4O2/c10-7-5-11-13-8(7)12-9(14)6-1-3-15-4-2-6/h5-6H,1-4,10H2,(H2,11,12,13,14). The maximum Gasteiger partial charge on any atom is 0.228 e. The van der Waals surface area contributed by atoms with Crippen LogP contribution in [0.25, 0.3) is 0 Å². The Morgan fingerprint density at radius 2 is 2.33 bits per heavy atom. The van der Waals surface area contributed by atoms with E-state index in [-0.39, 0.29) is 11.8 Å². The minimum absolute atomic E-state index is 0.0152. The Labute approximate surface area is 87.2 Å². The van der Waals surface area contributed by atoms with E-state index < -0.39 is 0 Å². The first-order chi connectivity index (χ1) is 7.27. The minimum atomic E-state index is -0.0192. The highest BCUT2D eigenvalue weighted by Gasteiger charge is 2.22. The zero-order chi connectivity index (χ0) is 10.7. The van der Waals surface area contributed by atoms with Gasteiger partial charge in [0, 0.05) is 19.1 Å². The molecule has 0 aliphatic carbocycles. The number of anilines is 2. The molecule has 0 saturated carbocycles. The number of rotatable bonds is 2. The van der Waals surface area contributed by atoms with Crippen molar-refractivity contribution in [3.8, 4) is 0 Å². The summed E-state index contributed by atoms with van der Waals surface area (Å²) in [6.45, 7) is 1.30. The number of hydrogen-bond acceptors (Lipinski definition) is 4. The van der Waals surface area contributed by atoms with Gasteiger partial charge in [-0.2, -0.15) is 5.10 Å². The summed E-state index contributed by atoms with van der Waals surface area (Å²) < 4.78 is 5.18. The van der Waals surface area contributed by atoms with Gasteiger partial charge in [-0.15, -0.1) is 0 Å². The largest absolute Gasteiger partial charge is 0.394 e. The lowest BCUT2D eigenvalue weighted by Crippen LogP contribution is -2.28. The number of nitrogens with two attached hydrogens (primary N) is 1. The van der Waals surface area contributed by atoms with Crippen LogP contribution < -0.4 is 11.1 Å². The number of carbonyl (C=O) groups excluding carboxylic acids is 1. The highest BCUT2D eigenvalue weighted by atomic mass is 16.5. The second-order valence-electron chi connectivity index (χ2n) is 3.58. The molecule has 0 unspecified atom stereocenters. The van der Waals surface area contributed by atoms with Crippen molar-refractivity contribution < 1.29 is 9.53 Å². The predicted octanol–water partition coefficient (Wildman–Crippen LogP) is 0.357. The number of aromatic nitrogens is 2. The average molecular weight is 210 g/mol. The van der Waals surface area contributed by atoms with Crippen molar-refractivity contribution in [2.24, 2.45) is 5.92 Å². The number of nitrogens with zero attached hydrogens (tertiary/aromatic N) is 1. The maximum atomic E-state index is 11.7. The number of nitrogen functional groups attached to an aromatic ring is 1. The molecule has 0 aromatic carbocycles. The van der Waals surface area contributed by atoms with E-state index in [1.165, 1.54) is 6.20 Å². The fraction of sp³-hybridized carbons (Fsp3) is 0.556. The molecule has 1 aliphatic rings. The summed E-state index contributed by atoms with van der Waals surface area (Å²) >= 11 is 0. The minimum Gasteiger partial charge on any atom is -0.394 e. The summed E-state index contributed by atoms with van der Waals surface area (Å²) in [6.07, 6.45) is 3.00. The summed E-state index contributed by atoms with van der Waals surface area (Å²) in [6, 6.07) is 0. The van der Waals surface area contributed by atoms with Crippen molar-refractivity contribution in [1.82, 2.24) is 10.2 Å². The molecule has 1 aliphatic heterocycles. The van der Waals surface area contributed by atoms with Crippen LogP contribution in [0.5, 0.6) is 0 Å². The fourth-order valence-electron chi connectivity index (χ4n) is 1.58. The van der Waals surface area contributed by atoms with Crippen molar-refractivity contribution in [3.63, 3.8) is 0 Å². The summed E-state index contributed by atoms with van der Waals surface area (Å²) in [5, 5.41) is 9.09. The van der Waals surface area contributed by atoms with Crippen molar-refractivity contribution in [2.45, 2.75) is 12.8 Å². The summed E-state index contributed by atoms with van der Waals surface area (Å²) in [7, 11) is 0. The molecule has 6 nitrogen and oxygen atoms in total. The van der Waals surface area contributed by atoms with Crippen molar-refractivity contribution >= 4 is 17.4 Å². The molecule has 1 saturated heterocycles. The lowest BCUT2D eigenvalue weighted by atomic mass is 9.99. The lowest BCUT2D eigenvalue weighted by molar-refractivity contribution is -0.122. The normalized spacial score (nSPS) is 17.6. The number of carbonyl (C=O) groups is 1. The van der Waals surface area contributed by atoms with Gasteiger partial charge in [-0.05, 0) is 12.8 Å². The molecule has 0 atom stereocenters. The zero-order valence-electron chi connectivity index (χ0n) is 8.32. The third-order valence-corrected chi connectivity index (χ3v) is 2.51. The number of amides is 1. The second-order valence-corrected chi connectivity index (χ2v) is 3.58. The SMILES string of the molecule is Nc1cn[nH]c1NC(=O)C1CCOCC1. The van der Waals surface area contributed by atoms with Crippen LogP contribution >= 0.6 is 0 Å². The van der Waals surface area contributed by atoms with Crippen LogP contribution in [0, 0.1) is 5.92 Å². The van der Waals surface area contributed by atoms with Gasteiger partial charge in [0.25, 0.3) is 0 Å². The van der Waals surface area contributed by atoms with E-state index in [4.69, 9.17) is 10.5 Å². The average Bonchev–Trinajstić information content (AvgIpc) is 2.66. The zero-order valence-corrected chi connectivity index (χ0v) is 8.32. The van der Waals surface area contributed by atoms with E-state index in [0.717, 1.165) is 12.8 Å². The lowest BCUT2D eigenvalue weighted by Gasteiger charge is -2.20. The Balaban J connectivity index is 1.94. The Bertz CT molecular complexity index is 344.